The molecule has 25 heavy (non-hydrogen) atoms. The van der Waals surface area contributed by atoms with Crippen molar-refractivity contribution in [3.63, 3.8) is 0 Å². The van der Waals surface area contributed by atoms with Crippen LogP contribution in [0.5, 0.6) is 0 Å². The number of hydrogen-bond acceptors (Lipinski definition) is 3. The van der Waals surface area contributed by atoms with Gasteiger partial charge < -0.3 is 15.4 Å². The first-order valence-corrected chi connectivity index (χ1v) is 8.93. The molecule has 138 valence electrons. The van der Waals surface area contributed by atoms with Gasteiger partial charge in [-0.25, -0.2) is 4.79 Å². The second-order valence-corrected chi connectivity index (χ2v) is 8.49. The van der Waals surface area contributed by atoms with Crippen LogP contribution in [0.3, 0.4) is 0 Å². The van der Waals surface area contributed by atoms with Gasteiger partial charge in [0.2, 0.25) is 0 Å². The van der Waals surface area contributed by atoms with E-state index in [-0.39, 0.29) is 28.9 Å². The summed E-state index contributed by atoms with van der Waals surface area (Å²) in [6.45, 7) is 8.41. The second-order valence-electron chi connectivity index (χ2n) is 8.08. The number of urea groups is 1. The van der Waals surface area contributed by atoms with Crippen molar-refractivity contribution in [2.75, 3.05) is 11.9 Å². The molecular weight excluding hydrogens is 340 g/mol. The van der Waals surface area contributed by atoms with E-state index in [0.717, 1.165) is 19.3 Å². The maximum Gasteiger partial charge on any atom is 0.319 e. The molecule has 1 aliphatic rings. The summed E-state index contributed by atoms with van der Waals surface area (Å²) in [6, 6.07) is 6.82. The molecule has 0 radical (unpaired) electrons. The van der Waals surface area contributed by atoms with Crippen LogP contribution in [-0.2, 0) is 9.53 Å². The number of benzene rings is 1. The highest BCUT2D eigenvalue weighted by Crippen LogP contribution is 2.46. The van der Waals surface area contributed by atoms with Crippen LogP contribution in [0.15, 0.2) is 24.3 Å². The fourth-order valence-electron chi connectivity index (χ4n) is 4.01. The van der Waals surface area contributed by atoms with Gasteiger partial charge in [-0.3, -0.25) is 4.79 Å². The van der Waals surface area contributed by atoms with Gasteiger partial charge in [0, 0.05) is 13.5 Å². The fraction of sp³-hybridized carbons (Fsp3) is 0.579. The van der Waals surface area contributed by atoms with Crippen molar-refractivity contribution in [2.24, 2.45) is 10.8 Å². The van der Waals surface area contributed by atoms with Crippen LogP contribution >= 0.6 is 11.6 Å². The molecule has 0 saturated heterocycles. The summed E-state index contributed by atoms with van der Waals surface area (Å²) in [6.07, 6.45) is 2.42. The highest BCUT2D eigenvalue weighted by molar-refractivity contribution is 6.33. The molecule has 1 aromatic rings. The van der Waals surface area contributed by atoms with Crippen molar-refractivity contribution in [2.45, 2.75) is 53.1 Å². The average Bonchev–Trinajstić information content (AvgIpc) is 2.45. The van der Waals surface area contributed by atoms with Gasteiger partial charge in [0.15, 0.2) is 0 Å². The zero-order valence-electron chi connectivity index (χ0n) is 15.3. The van der Waals surface area contributed by atoms with Gasteiger partial charge in [-0.05, 0) is 42.2 Å². The maximum absolute atomic E-state index is 12.2. The number of amides is 2. The van der Waals surface area contributed by atoms with E-state index in [1.165, 1.54) is 6.92 Å². The van der Waals surface area contributed by atoms with Crippen LogP contribution in [0.2, 0.25) is 5.02 Å². The lowest BCUT2D eigenvalue weighted by Gasteiger charge is -2.46. The molecule has 1 aliphatic carbocycles. The lowest BCUT2D eigenvalue weighted by Crippen LogP contribution is -2.46. The molecule has 0 aromatic heterocycles. The quantitative estimate of drug-likeness (QED) is 0.764. The molecule has 2 amide bonds. The summed E-state index contributed by atoms with van der Waals surface area (Å²) in [5, 5.41) is 6.19. The predicted molar refractivity (Wildman–Crippen MR) is 99.8 cm³/mol. The molecule has 5 nitrogen and oxygen atoms in total. The Labute approximate surface area is 154 Å². The Morgan fingerprint density at radius 2 is 1.92 bits per heavy atom. The number of rotatable bonds is 4. The summed E-state index contributed by atoms with van der Waals surface area (Å²) in [5.41, 5.74) is 0.488. The van der Waals surface area contributed by atoms with E-state index in [9.17, 15) is 9.59 Å². The molecule has 1 saturated carbocycles. The zero-order valence-corrected chi connectivity index (χ0v) is 16.1. The number of carbonyl (C=O) groups is 2. The van der Waals surface area contributed by atoms with E-state index in [2.05, 4.69) is 31.4 Å². The Morgan fingerprint density at radius 1 is 1.24 bits per heavy atom. The maximum atomic E-state index is 12.2. The van der Waals surface area contributed by atoms with Gasteiger partial charge in [0.25, 0.3) is 0 Å². The summed E-state index contributed by atoms with van der Waals surface area (Å²) >= 11 is 6.06. The standard InChI is InChI=1S/C19H27ClN2O3/c1-13(23)25-14-9-18(2,3)11-19(4,10-14)12-21-17(24)22-16-8-6-5-7-15(16)20/h5-8,14H,9-12H2,1-4H3,(H2,21,22,24). The smallest absolute Gasteiger partial charge is 0.319 e. The van der Waals surface area contributed by atoms with Crippen molar-refractivity contribution < 1.29 is 14.3 Å². The number of para-hydroxylation sites is 1. The molecule has 1 fully saturated rings. The number of hydrogen-bond donors (Lipinski definition) is 2. The minimum absolute atomic E-state index is 0.0496. The van der Waals surface area contributed by atoms with Crippen LogP contribution < -0.4 is 10.6 Å². The molecule has 0 spiro atoms. The fourth-order valence-corrected chi connectivity index (χ4v) is 4.20. The third-order valence-corrected chi connectivity index (χ3v) is 4.87. The molecule has 2 unspecified atom stereocenters. The highest BCUT2D eigenvalue weighted by Gasteiger charge is 2.42. The van der Waals surface area contributed by atoms with E-state index in [1.54, 1.807) is 12.1 Å². The summed E-state index contributed by atoms with van der Waals surface area (Å²) < 4.78 is 5.46. The number of esters is 1. The molecular formula is C19H27ClN2O3. The van der Waals surface area contributed by atoms with Crippen LogP contribution in [0.1, 0.15) is 47.0 Å². The number of ether oxygens (including phenoxy) is 1. The van der Waals surface area contributed by atoms with Gasteiger partial charge in [0.1, 0.15) is 6.10 Å². The number of anilines is 1. The first-order chi connectivity index (χ1) is 11.6. The van der Waals surface area contributed by atoms with Crippen molar-refractivity contribution in [1.82, 2.24) is 5.32 Å². The Balaban J connectivity index is 1.96. The van der Waals surface area contributed by atoms with Gasteiger partial charge in [-0.2, -0.15) is 0 Å². The molecule has 1 aromatic carbocycles. The summed E-state index contributed by atoms with van der Waals surface area (Å²) in [4.78, 5) is 23.5. The van der Waals surface area contributed by atoms with Crippen molar-refractivity contribution in [3.8, 4) is 0 Å². The van der Waals surface area contributed by atoms with Crippen molar-refractivity contribution in [1.29, 1.82) is 0 Å². The molecule has 0 heterocycles. The van der Waals surface area contributed by atoms with E-state index in [1.807, 2.05) is 12.1 Å². The van der Waals surface area contributed by atoms with Gasteiger partial charge in [-0.15, -0.1) is 0 Å². The minimum atomic E-state index is -0.290. The normalized spacial score (nSPS) is 25.1. The van der Waals surface area contributed by atoms with Crippen LogP contribution in [0.25, 0.3) is 0 Å². The second kappa shape index (κ2) is 7.65. The topological polar surface area (TPSA) is 67.4 Å². The molecule has 2 rings (SSSR count). The Bertz CT molecular complexity index is 647. The lowest BCUT2D eigenvalue weighted by molar-refractivity contribution is -0.152. The molecule has 6 heteroatoms. The largest absolute Gasteiger partial charge is 0.463 e. The van der Waals surface area contributed by atoms with Crippen LogP contribution in [-0.4, -0.2) is 24.6 Å². The zero-order chi connectivity index (χ0) is 18.7. The third kappa shape index (κ3) is 5.92. The van der Waals surface area contributed by atoms with Gasteiger partial charge in [-0.1, -0.05) is 44.5 Å². The van der Waals surface area contributed by atoms with E-state index in [0.29, 0.717) is 17.3 Å². The molecule has 0 aliphatic heterocycles. The average molecular weight is 367 g/mol. The SMILES string of the molecule is CC(=O)OC1CC(C)(C)CC(C)(CNC(=O)Nc2ccccc2Cl)C1. The highest BCUT2D eigenvalue weighted by atomic mass is 35.5. The van der Waals surface area contributed by atoms with Gasteiger partial charge >= 0.3 is 12.0 Å². The Hall–Kier alpha value is -1.75. The third-order valence-electron chi connectivity index (χ3n) is 4.54. The molecule has 2 N–H and O–H groups in total. The van der Waals surface area contributed by atoms with Gasteiger partial charge in [0.05, 0.1) is 10.7 Å². The van der Waals surface area contributed by atoms with Crippen LogP contribution in [0.4, 0.5) is 10.5 Å². The first kappa shape index (κ1) is 19.6. The number of nitrogens with one attached hydrogen (secondary N) is 2. The first-order valence-electron chi connectivity index (χ1n) is 8.55. The summed E-state index contributed by atoms with van der Waals surface area (Å²) in [5.74, 6) is -0.255. The number of halogens is 1. The van der Waals surface area contributed by atoms with E-state index >= 15 is 0 Å². The van der Waals surface area contributed by atoms with E-state index < -0.39 is 0 Å². The Kier molecular flexibility index (Phi) is 5.99. The van der Waals surface area contributed by atoms with Crippen molar-refractivity contribution in [3.05, 3.63) is 29.3 Å². The minimum Gasteiger partial charge on any atom is -0.463 e. The predicted octanol–water partition coefficient (Wildman–Crippen LogP) is 4.61. The van der Waals surface area contributed by atoms with Crippen molar-refractivity contribution >= 4 is 29.3 Å². The van der Waals surface area contributed by atoms with E-state index in [4.69, 9.17) is 16.3 Å². The monoisotopic (exact) mass is 366 g/mol. The molecule has 2 atom stereocenters. The Morgan fingerprint density at radius 3 is 2.56 bits per heavy atom. The van der Waals surface area contributed by atoms with Crippen LogP contribution in [0, 0.1) is 10.8 Å². The molecule has 0 bridgehead atoms. The lowest BCUT2D eigenvalue weighted by atomic mass is 9.63. The summed E-state index contributed by atoms with van der Waals surface area (Å²) in [7, 11) is 0. The number of carbonyl (C=O) groups excluding carboxylic acids is 2.